The molecule has 1 fully saturated rings. The SMILES string of the molecule is O=C(N[C@H]1C[C@@H]1c1cccnc1)c1ccc2c(c1)COB2O. The molecular formula is C16H15BN2O3. The highest BCUT2D eigenvalue weighted by atomic mass is 16.5. The lowest BCUT2D eigenvalue weighted by Crippen LogP contribution is -2.30. The Morgan fingerprint density at radius 3 is 3.14 bits per heavy atom. The lowest BCUT2D eigenvalue weighted by Gasteiger charge is -2.06. The average molecular weight is 294 g/mol. The van der Waals surface area contributed by atoms with E-state index in [0.717, 1.165) is 17.4 Å². The standard InChI is InChI=1S/C16H15BN2O3/c20-16(10-3-4-14-12(6-10)9-22-17(14)21)19-15-7-13(15)11-2-1-5-18-8-11/h1-6,8,13,15,21H,7,9H2,(H,19,20)/t13-,15+/m1/s1. The number of hydrogen-bond acceptors (Lipinski definition) is 4. The number of nitrogens with zero attached hydrogens (tertiary/aromatic N) is 1. The molecule has 2 heterocycles. The molecule has 0 saturated heterocycles. The summed E-state index contributed by atoms with van der Waals surface area (Å²) in [6.07, 6.45) is 4.55. The summed E-state index contributed by atoms with van der Waals surface area (Å²) in [7, 11) is -0.870. The van der Waals surface area contributed by atoms with Crippen molar-refractivity contribution in [1.82, 2.24) is 10.3 Å². The van der Waals surface area contributed by atoms with E-state index in [1.165, 1.54) is 5.56 Å². The van der Waals surface area contributed by atoms with Crippen molar-refractivity contribution in [1.29, 1.82) is 0 Å². The molecule has 1 aliphatic heterocycles. The van der Waals surface area contributed by atoms with Crippen molar-refractivity contribution in [2.75, 3.05) is 0 Å². The van der Waals surface area contributed by atoms with E-state index in [2.05, 4.69) is 10.3 Å². The first-order valence-electron chi connectivity index (χ1n) is 7.35. The number of hydrogen-bond donors (Lipinski definition) is 2. The average Bonchev–Trinajstić information content (AvgIpc) is 3.22. The van der Waals surface area contributed by atoms with E-state index in [9.17, 15) is 9.82 Å². The van der Waals surface area contributed by atoms with Crippen LogP contribution in [0.3, 0.4) is 0 Å². The van der Waals surface area contributed by atoms with Gasteiger partial charge in [-0.3, -0.25) is 9.78 Å². The number of fused-ring (bicyclic) bond motifs is 1. The molecule has 0 spiro atoms. The van der Waals surface area contributed by atoms with Crippen LogP contribution in [0, 0.1) is 0 Å². The Bertz CT molecular complexity index is 723. The first-order chi connectivity index (χ1) is 10.7. The highest BCUT2D eigenvalue weighted by Gasteiger charge is 2.39. The summed E-state index contributed by atoms with van der Waals surface area (Å²) in [4.78, 5) is 16.4. The summed E-state index contributed by atoms with van der Waals surface area (Å²) in [5.41, 5.74) is 3.39. The Labute approximate surface area is 128 Å². The van der Waals surface area contributed by atoms with Crippen LogP contribution in [0.1, 0.15) is 33.8 Å². The van der Waals surface area contributed by atoms with Crippen molar-refractivity contribution in [3.63, 3.8) is 0 Å². The largest absolute Gasteiger partial charge is 0.491 e. The number of carbonyl (C=O) groups is 1. The molecule has 1 amide bonds. The van der Waals surface area contributed by atoms with Gasteiger partial charge in [0.2, 0.25) is 0 Å². The van der Waals surface area contributed by atoms with E-state index in [1.807, 2.05) is 18.3 Å². The molecule has 0 bridgehead atoms. The van der Waals surface area contributed by atoms with Gasteiger partial charge in [-0.2, -0.15) is 0 Å². The maximum absolute atomic E-state index is 12.3. The summed E-state index contributed by atoms with van der Waals surface area (Å²) in [5.74, 6) is 0.276. The molecule has 4 rings (SSSR count). The van der Waals surface area contributed by atoms with Gasteiger partial charge < -0.3 is 15.0 Å². The molecule has 1 aliphatic carbocycles. The molecule has 6 heteroatoms. The number of aromatic nitrogens is 1. The Kier molecular flexibility index (Phi) is 3.20. The second-order valence-corrected chi connectivity index (χ2v) is 5.79. The van der Waals surface area contributed by atoms with Crippen LogP contribution in [0.25, 0.3) is 0 Å². The lowest BCUT2D eigenvalue weighted by atomic mass is 9.79. The summed E-state index contributed by atoms with van der Waals surface area (Å²) in [6, 6.07) is 9.41. The summed E-state index contributed by atoms with van der Waals surface area (Å²) < 4.78 is 5.14. The molecular weight excluding hydrogens is 279 g/mol. The molecule has 22 heavy (non-hydrogen) atoms. The first kappa shape index (κ1) is 13.5. The highest BCUT2D eigenvalue weighted by Crippen LogP contribution is 2.40. The van der Waals surface area contributed by atoms with Crippen LogP contribution >= 0.6 is 0 Å². The second kappa shape index (κ2) is 5.23. The Balaban J connectivity index is 1.44. The number of carbonyl (C=O) groups excluding carboxylic acids is 1. The van der Waals surface area contributed by atoms with Crippen LogP contribution < -0.4 is 10.8 Å². The van der Waals surface area contributed by atoms with Crippen LogP contribution in [0.5, 0.6) is 0 Å². The van der Waals surface area contributed by atoms with Crippen molar-refractivity contribution < 1.29 is 14.5 Å². The van der Waals surface area contributed by atoms with Gasteiger partial charge in [0.05, 0.1) is 6.61 Å². The maximum atomic E-state index is 12.3. The molecule has 0 unspecified atom stereocenters. The molecule has 110 valence electrons. The Morgan fingerprint density at radius 2 is 2.32 bits per heavy atom. The zero-order chi connectivity index (χ0) is 15.1. The zero-order valence-electron chi connectivity index (χ0n) is 11.9. The molecule has 2 aromatic rings. The van der Waals surface area contributed by atoms with Gasteiger partial charge in [-0.05, 0) is 41.2 Å². The van der Waals surface area contributed by atoms with Gasteiger partial charge in [0.1, 0.15) is 0 Å². The molecule has 2 aliphatic rings. The number of amides is 1. The Morgan fingerprint density at radius 1 is 1.41 bits per heavy atom. The smallest absolute Gasteiger partial charge is 0.423 e. The molecule has 1 aromatic heterocycles. The predicted octanol–water partition coefficient (Wildman–Crippen LogP) is 0.585. The van der Waals surface area contributed by atoms with Gasteiger partial charge in [0, 0.05) is 29.9 Å². The van der Waals surface area contributed by atoms with Crippen LogP contribution in [0.4, 0.5) is 0 Å². The first-order valence-corrected chi connectivity index (χ1v) is 7.35. The maximum Gasteiger partial charge on any atom is 0.491 e. The highest BCUT2D eigenvalue weighted by molar-refractivity contribution is 6.61. The number of pyridine rings is 1. The van der Waals surface area contributed by atoms with E-state index in [0.29, 0.717) is 18.1 Å². The van der Waals surface area contributed by atoms with E-state index < -0.39 is 7.12 Å². The van der Waals surface area contributed by atoms with Crippen molar-refractivity contribution in [2.45, 2.75) is 25.0 Å². The fourth-order valence-electron chi connectivity index (χ4n) is 2.94. The molecule has 2 atom stereocenters. The van der Waals surface area contributed by atoms with Gasteiger partial charge in [-0.1, -0.05) is 12.1 Å². The van der Waals surface area contributed by atoms with Gasteiger partial charge >= 0.3 is 7.12 Å². The van der Waals surface area contributed by atoms with Gasteiger partial charge in [-0.25, -0.2) is 0 Å². The van der Waals surface area contributed by atoms with Crippen LogP contribution in [0.15, 0.2) is 42.7 Å². The van der Waals surface area contributed by atoms with Gasteiger partial charge in [0.15, 0.2) is 0 Å². The minimum atomic E-state index is -0.870. The predicted molar refractivity (Wildman–Crippen MR) is 81.7 cm³/mol. The molecule has 5 nitrogen and oxygen atoms in total. The van der Waals surface area contributed by atoms with Crippen LogP contribution in [0.2, 0.25) is 0 Å². The van der Waals surface area contributed by atoms with Gasteiger partial charge in [-0.15, -0.1) is 0 Å². The third-order valence-corrected chi connectivity index (χ3v) is 4.29. The summed E-state index contributed by atoms with van der Waals surface area (Å²) in [5, 5.41) is 12.6. The third-order valence-electron chi connectivity index (χ3n) is 4.29. The minimum absolute atomic E-state index is 0.0828. The molecule has 1 aromatic carbocycles. The normalized spacial score (nSPS) is 22.3. The third kappa shape index (κ3) is 2.40. The van der Waals surface area contributed by atoms with Crippen LogP contribution in [-0.4, -0.2) is 29.1 Å². The van der Waals surface area contributed by atoms with Crippen molar-refractivity contribution in [3.05, 3.63) is 59.4 Å². The summed E-state index contributed by atoms with van der Waals surface area (Å²) >= 11 is 0. The number of nitrogens with one attached hydrogen (secondary N) is 1. The van der Waals surface area contributed by atoms with Crippen molar-refractivity contribution in [2.24, 2.45) is 0 Å². The molecule has 2 N–H and O–H groups in total. The quantitative estimate of drug-likeness (QED) is 0.813. The second-order valence-electron chi connectivity index (χ2n) is 5.79. The van der Waals surface area contributed by atoms with E-state index in [-0.39, 0.29) is 11.9 Å². The van der Waals surface area contributed by atoms with Crippen molar-refractivity contribution in [3.8, 4) is 0 Å². The summed E-state index contributed by atoms with van der Waals surface area (Å²) in [6.45, 7) is 0.347. The Hall–Kier alpha value is -2.18. The van der Waals surface area contributed by atoms with E-state index in [1.54, 1.807) is 24.4 Å². The minimum Gasteiger partial charge on any atom is -0.423 e. The monoisotopic (exact) mass is 294 g/mol. The van der Waals surface area contributed by atoms with Crippen LogP contribution in [-0.2, 0) is 11.3 Å². The van der Waals surface area contributed by atoms with E-state index >= 15 is 0 Å². The number of rotatable bonds is 3. The fourth-order valence-corrected chi connectivity index (χ4v) is 2.94. The van der Waals surface area contributed by atoms with Crippen molar-refractivity contribution >= 4 is 18.5 Å². The number of benzene rings is 1. The zero-order valence-corrected chi connectivity index (χ0v) is 11.9. The molecule has 0 radical (unpaired) electrons. The molecule has 1 saturated carbocycles. The van der Waals surface area contributed by atoms with Gasteiger partial charge in [0.25, 0.3) is 5.91 Å². The topological polar surface area (TPSA) is 71.5 Å². The lowest BCUT2D eigenvalue weighted by molar-refractivity contribution is 0.0950. The fraction of sp³-hybridized carbons (Fsp3) is 0.250. The van der Waals surface area contributed by atoms with E-state index in [4.69, 9.17) is 4.65 Å².